The molecule has 0 bridgehead atoms. The van der Waals surface area contributed by atoms with Crippen LogP contribution in [-0.4, -0.2) is 26.5 Å². The maximum atomic E-state index is 12.6. The number of anilines is 1. The van der Waals surface area contributed by atoms with Gasteiger partial charge < -0.3 is 10.2 Å². The summed E-state index contributed by atoms with van der Waals surface area (Å²) in [6, 6.07) is 7.86. The fourth-order valence-corrected chi connectivity index (χ4v) is 2.95. The summed E-state index contributed by atoms with van der Waals surface area (Å²) in [5, 5.41) is 3.15. The van der Waals surface area contributed by atoms with Crippen molar-refractivity contribution in [1.82, 2.24) is 5.32 Å². The minimum Gasteiger partial charge on any atom is -0.319 e. The average Bonchev–Trinajstić information content (AvgIpc) is 2.32. The van der Waals surface area contributed by atoms with E-state index in [0.717, 1.165) is 36.0 Å². The van der Waals surface area contributed by atoms with Gasteiger partial charge in [0.25, 0.3) is 0 Å². The Bertz CT molecular complexity index is 443. The third-order valence-corrected chi connectivity index (χ3v) is 4.27. The van der Waals surface area contributed by atoms with Crippen molar-refractivity contribution in [2.45, 2.75) is 19.3 Å². The highest BCUT2D eigenvalue weighted by molar-refractivity contribution is 9.10. The van der Waals surface area contributed by atoms with Gasteiger partial charge in [-0.15, -0.1) is 0 Å². The van der Waals surface area contributed by atoms with Gasteiger partial charge in [-0.2, -0.15) is 0 Å². The van der Waals surface area contributed by atoms with Crippen LogP contribution in [0, 0.1) is 5.41 Å². The van der Waals surface area contributed by atoms with Crippen molar-refractivity contribution in [3.8, 4) is 0 Å². The van der Waals surface area contributed by atoms with E-state index in [-0.39, 0.29) is 11.3 Å². The molecular weight excluding hydrogens is 292 g/mol. The van der Waals surface area contributed by atoms with Crippen LogP contribution in [0.3, 0.4) is 0 Å². The Morgan fingerprint density at radius 3 is 2.72 bits per heavy atom. The minimum absolute atomic E-state index is 0.189. The fraction of sp³-hybridized carbons (Fsp3) is 0.500. The lowest BCUT2D eigenvalue weighted by molar-refractivity contribution is -0.132. The minimum atomic E-state index is -0.189. The van der Waals surface area contributed by atoms with E-state index in [2.05, 4.69) is 21.2 Å². The predicted octanol–water partition coefficient (Wildman–Crippen LogP) is 2.80. The van der Waals surface area contributed by atoms with E-state index in [0.29, 0.717) is 0 Å². The van der Waals surface area contributed by atoms with Crippen LogP contribution in [-0.2, 0) is 4.79 Å². The monoisotopic (exact) mass is 310 g/mol. The number of nitrogens with one attached hydrogen (secondary N) is 1. The molecule has 98 valence electrons. The predicted molar refractivity (Wildman–Crippen MR) is 77.8 cm³/mol. The van der Waals surface area contributed by atoms with E-state index in [4.69, 9.17) is 0 Å². The molecule has 0 aliphatic heterocycles. The van der Waals surface area contributed by atoms with Crippen LogP contribution < -0.4 is 10.2 Å². The molecule has 0 atom stereocenters. The van der Waals surface area contributed by atoms with Gasteiger partial charge in [-0.1, -0.05) is 28.4 Å². The van der Waals surface area contributed by atoms with Crippen molar-refractivity contribution in [1.29, 1.82) is 0 Å². The van der Waals surface area contributed by atoms with Gasteiger partial charge in [0.15, 0.2) is 0 Å². The number of carbonyl (C=O) groups excluding carboxylic acids is 1. The largest absolute Gasteiger partial charge is 0.319 e. The molecule has 3 nitrogen and oxygen atoms in total. The average molecular weight is 311 g/mol. The third kappa shape index (κ3) is 2.45. The molecule has 1 aromatic carbocycles. The van der Waals surface area contributed by atoms with Crippen molar-refractivity contribution >= 4 is 27.5 Å². The van der Waals surface area contributed by atoms with Crippen LogP contribution in [0.2, 0.25) is 0 Å². The summed E-state index contributed by atoms with van der Waals surface area (Å²) in [7, 11) is 3.77. The standard InChI is InChI=1S/C14H19BrN2O/c1-16-10-14(7-4-8-14)13(18)17(2)12-6-3-5-11(15)9-12/h3,5-6,9,16H,4,7-8,10H2,1-2H3. The third-order valence-electron chi connectivity index (χ3n) is 3.78. The van der Waals surface area contributed by atoms with Crippen LogP contribution in [0.25, 0.3) is 0 Å². The summed E-state index contributed by atoms with van der Waals surface area (Å²) < 4.78 is 0.996. The second-order valence-corrected chi connectivity index (χ2v) is 5.92. The molecule has 0 saturated heterocycles. The zero-order chi connectivity index (χ0) is 13.2. The molecular formula is C14H19BrN2O. The summed E-state index contributed by atoms with van der Waals surface area (Å²) >= 11 is 3.44. The summed E-state index contributed by atoms with van der Waals surface area (Å²) in [5.41, 5.74) is 0.753. The second kappa shape index (κ2) is 5.41. The first-order valence-corrected chi connectivity index (χ1v) is 7.07. The van der Waals surface area contributed by atoms with Crippen molar-refractivity contribution in [2.75, 3.05) is 25.5 Å². The highest BCUT2D eigenvalue weighted by Crippen LogP contribution is 2.42. The molecule has 0 radical (unpaired) electrons. The first-order valence-electron chi connectivity index (χ1n) is 6.27. The van der Waals surface area contributed by atoms with Crippen LogP contribution in [0.1, 0.15) is 19.3 Å². The van der Waals surface area contributed by atoms with Gasteiger partial charge in [0.05, 0.1) is 5.41 Å². The molecule has 1 aromatic rings. The van der Waals surface area contributed by atoms with Gasteiger partial charge >= 0.3 is 0 Å². The Morgan fingerprint density at radius 1 is 1.50 bits per heavy atom. The smallest absolute Gasteiger partial charge is 0.234 e. The Morgan fingerprint density at radius 2 is 2.22 bits per heavy atom. The molecule has 1 amide bonds. The maximum Gasteiger partial charge on any atom is 0.234 e. The first kappa shape index (κ1) is 13.6. The highest BCUT2D eigenvalue weighted by Gasteiger charge is 2.45. The normalized spacial score (nSPS) is 17.1. The number of benzene rings is 1. The zero-order valence-corrected chi connectivity index (χ0v) is 12.5. The van der Waals surface area contributed by atoms with E-state index in [9.17, 15) is 4.79 Å². The van der Waals surface area contributed by atoms with E-state index >= 15 is 0 Å². The number of carbonyl (C=O) groups is 1. The molecule has 0 aromatic heterocycles. The Labute approximate surface area is 117 Å². The van der Waals surface area contributed by atoms with Crippen LogP contribution in [0.15, 0.2) is 28.7 Å². The summed E-state index contributed by atoms with van der Waals surface area (Å²) in [5.74, 6) is 0.223. The molecule has 0 heterocycles. The van der Waals surface area contributed by atoms with E-state index in [1.165, 1.54) is 0 Å². The van der Waals surface area contributed by atoms with E-state index in [1.807, 2.05) is 38.4 Å². The van der Waals surface area contributed by atoms with Gasteiger partial charge in [0.2, 0.25) is 5.91 Å². The number of nitrogens with zero attached hydrogens (tertiary/aromatic N) is 1. The number of halogens is 1. The maximum absolute atomic E-state index is 12.6. The molecule has 2 rings (SSSR count). The lowest BCUT2D eigenvalue weighted by Crippen LogP contribution is -2.51. The molecule has 0 unspecified atom stereocenters. The lowest BCUT2D eigenvalue weighted by atomic mass is 9.67. The number of amides is 1. The van der Waals surface area contributed by atoms with Gasteiger partial charge in [0.1, 0.15) is 0 Å². The molecule has 1 N–H and O–H groups in total. The van der Waals surface area contributed by atoms with Crippen molar-refractivity contribution in [2.24, 2.45) is 5.41 Å². The molecule has 1 aliphatic carbocycles. The quantitative estimate of drug-likeness (QED) is 0.927. The van der Waals surface area contributed by atoms with Crippen LogP contribution in [0.5, 0.6) is 0 Å². The highest BCUT2D eigenvalue weighted by atomic mass is 79.9. The van der Waals surface area contributed by atoms with Crippen molar-refractivity contribution in [3.63, 3.8) is 0 Å². The second-order valence-electron chi connectivity index (χ2n) is 5.01. The lowest BCUT2D eigenvalue weighted by Gasteiger charge is -2.42. The molecule has 1 fully saturated rings. The van der Waals surface area contributed by atoms with Gasteiger partial charge in [0, 0.05) is 23.8 Å². The molecule has 18 heavy (non-hydrogen) atoms. The number of hydrogen-bond acceptors (Lipinski definition) is 2. The van der Waals surface area contributed by atoms with Crippen molar-refractivity contribution in [3.05, 3.63) is 28.7 Å². The Kier molecular flexibility index (Phi) is 4.07. The van der Waals surface area contributed by atoms with Gasteiger partial charge in [-0.3, -0.25) is 4.79 Å². The molecule has 1 aliphatic rings. The van der Waals surface area contributed by atoms with Crippen LogP contribution in [0.4, 0.5) is 5.69 Å². The van der Waals surface area contributed by atoms with Crippen LogP contribution >= 0.6 is 15.9 Å². The fourth-order valence-electron chi connectivity index (χ4n) is 2.57. The SMILES string of the molecule is CNCC1(C(=O)N(C)c2cccc(Br)c2)CCC1. The number of rotatable bonds is 4. The molecule has 1 saturated carbocycles. The van der Waals surface area contributed by atoms with Gasteiger partial charge in [-0.25, -0.2) is 0 Å². The Hall–Kier alpha value is -0.870. The van der Waals surface area contributed by atoms with E-state index < -0.39 is 0 Å². The zero-order valence-electron chi connectivity index (χ0n) is 10.9. The molecule has 0 spiro atoms. The van der Waals surface area contributed by atoms with Gasteiger partial charge in [-0.05, 0) is 38.1 Å². The topological polar surface area (TPSA) is 32.3 Å². The molecule has 4 heteroatoms. The summed E-state index contributed by atoms with van der Waals surface area (Å²) in [4.78, 5) is 14.4. The summed E-state index contributed by atoms with van der Waals surface area (Å²) in [6.07, 6.45) is 3.13. The van der Waals surface area contributed by atoms with Crippen molar-refractivity contribution < 1.29 is 4.79 Å². The van der Waals surface area contributed by atoms with E-state index in [1.54, 1.807) is 4.90 Å². The first-order chi connectivity index (χ1) is 8.59. The Balaban J connectivity index is 2.18. The summed E-state index contributed by atoms with van der Waals surface area (Å²) in [6.45, 7) is 0.768. The number of hydrogen-bond donors (Lipinski definition) is 1.